The molecule has 2 unspecified atom stereocenters. The van der Waals surface area contributed by atoms with Gasteiger partial charge in [0.15, 0.2) is 0 Å². The topological polar surface area (TPSA) is 67.4 Å². The Labute approximate surface area is 158 Å². The summed E-state index contributed by atoms with van der Waals surface area (Å²) in [6.45, 7) is 6.49. The lowest BCUT2D eigenvalue weighted by atomic mass is 10.1. The second-order valence-corrected chi connectivity index (χ2v) is 7.49. The van der Waals surface area contributed by atoms with Gasteiger partial charge in [-0.25, -0.2) is 0 Å². The second-order valence-electron chi connectivity index (χ2n) is 6.51. The van der Waals surface area contributed by atoms with Crippen molar-refractivity contribution >= 4 is 22.4 Å². The van der Waals surface area contributed by atoms with Gasteiger partial charge in [-0.15, -0.1) is 10.2 Å². The lowest BCUT2D eigenvalue weighted by molar-refractivity contribution is -0.138. The van der Waals surface area contributed by atoms with Crippen molar-refractivity contribution in [2.75, 3.05) is 18.4 Å². The number of alkyl halides is 3. The first kappa shape index (κ1) is 19.7. The van der Waals surface area contributed by atoms with Crippen molar-refractivity contribution in [1.82, 2.24) is 15.1 Å². The molecule has 0 bridgehead atoms. The Kier molecular flexibility index (Phi) is 5.78. The van der Waals surface area contributed by atoms with Gasteiger partial charge in [-0.05, 0) is 31.5 Å². The number of ether oxygens (including phenoxy) is 1. The maximum absolute atomic E-state index is 12.5. The number of hydrogen-bond donors (Lipinski definition) is 1. The first-order chi connectivity index (χ1) is 12.7. The van der Waals surface area contributed by atoms with E-state index in [1.807, 2.05) is 26.0 Å². The highest BCUT2D eigenvalue weighted by Crippen LogP contribution is 2.33. The molecule has 27 heavy (non-hydrogen) atoms. The van der Waals surface area contributed by atoms with Crippen molar-refractivity contribution in [3.63, 3.8) is 0 Å². The van der Waals surface area contributed by atoms with Crippen LogP contribution in [0.25, 0.3) is 0 Å². The number of nitrogens with zero attached hydrogens (tertiary/aromatic N) is 3. The molecule has 1 amide bonds. The minimum atomic E-state index is -4.57. The van der Waals surface area contributed by atoms with Crippen LogP contribution in [0.15, 0.2) is 24.3 Å². The number of carbonyl (C=O) groups is 1. The molecule has 1 saturated heterocycles. The number of aromatic nitrogens is 2. The van der Waals surface area contributed by atoms with Crippen molar-refractivity contribution in [3.8, 4) is 0 Å². The molecule has 1 fully saturated rings. The first-order valence-electron chi connectivity index (χ1n) is 8.39. The van der Waals surface area contributed by atoms with Crippen LogP contribution in [0.3, 0.4) is 0 Å². The number of hydrogen-bond acceptors (Lipinski definition) is 6. The van der Waals surface area contributed by atoms with Gasteiger partial charge in [0, 0.05) is 25.2 Å². The predicted molar refractivity (Wildman–Crippen MR) is 94.6 cm³/mol. The van der Waals surface area contributed by atoms with Crippen LogP contribution in [-0.4, -0.2) is 46.3 Å². The SMILES string of the molecule is CC1CN(Cc2ccc(C(=O)Nc3nnc(C(F)(F)F)s3)cc2)CC(C)O1. The van der Waals surface area contributed by atoms with Crippen LogP contribution in [0.1, 0.15) is 34.8 Å². The summed E-state index contributed by atoms with van der Waals surface area (Å²) in [6, 6.07) is 6.95. The molecule has 0 aliphatic carbocycles. The molecule has 0 spiro atoms. The molecule has 146 valence electrons. The van der Waals surface area contributed by atoms with Crippen LogP contribution in [0, 0.1) is 0 Å². The number of benzene rings is 1. The first-order valence-corrected chi connectivity index (χ1v) is 9.21. The minimum absolute atomic E-state index is 0.173. The smallest absolute Gasteiger partial charge is 0.373 e. The van der Waals surface area contributed by atoms with Crippen molar-refractivity contribution in [3.05, 3.63) is 40.4 Å². The molecule has 1 aliphatic heterocycles. The molecule has 1 aromatic carbocycles. The van der Waals surface area contributed by atoms with E-state index in [-0.39, 0.29) is 17.3 Å². The Morgan fingerprint density at radius 3 is 2.41 bits per heavy atom. The Balaban J connectivity index is 1.59. The van der Waals surface area contributed by atoms with Crippen LogP contribution in [0.5, 0.6) is 0 Å². The van der Waals surface area contributed by atoms with E-state index in [2.05, 4.69) is 20.4 Å². The van der Waals surface area contributed by atoms with Crippen LogP contribution in [0.2, 0.25) is 0 Å². The average Bonchev–Trinajstić information content (AvgIpc) is 3.03. The van der Waals surface area contributed by atoms with Gasteiger partial charge in [-0.3, -0.25) is 15.0 Å². The number of rotatable bonds is 4. The third kappa shape index (κ3) is 5.24. The lowest BCUT2D eigenvalue weighted by Crippen LogP contribution is -2.44. The number of amides is 1. The third-order valence-corrected chi connectivity index (χ3v) is 4.89. The molecule has 1 aliphatic rings. The maximum atomic E-state index is 12.5. The highest BCUT2D eigenvalue weighted by molar-refractivity contribution is 7.15. The second kappa shape index (κ2) is 7.91. The molecular formula is C17H19F3N4O2S. The van der Waals surface area contributed by atoms with E-state index < -0.39 is 17.1 Å². The van der Waals surface area contributed by atoms with E-state index in [9.17, 15) is 18.0 Å². The molecule has 2 heterocycles. The van der Waals surface area contributed by atoms with Gasteiger partial charge in [0.2, 0.25) is 10.1 Å². The Morgan fingerprint density at radius 1 is 1.22 bits per heavy atom. The number of nitrogens with one attached hydrogen (secondary N) is 1. The summed E-state index contributed by atoms with van der Waals surface area (Å²) in [5.74, 6) is -0.528. The van der Waals surface area contributed by atoms with E-state index in [1.54, 1.807) is 12.1 Å². The van der Waals surface area contributed by atoms with Gasteiger partial charge >= 0.3 is 6.18 Å². The monoisotopic (exact) mass is 400 g/mol. The summed E-state index contributed by atoms with van der Waals surface area (Å²) in [7, 11) is 0. The van der Waals surface area contributed by atoms with Gasteiger partial charge in [0.05, 0.1) is 12.2 Å². The zero-order valence-corrected chi connectivity index (χ0v) is 15.6. The summed E-state index contributed by atoms with van der Waals surface area (Å²) in [5, 5.41) is 7.45. The number of anilines is 1. The van der Waals surface area contributed by atoms with Crippen molar-refractivity contribution in [2.24, 2.45) is 0 Å². The van der Waals surface area contributed by atoms with Crippen LogP contribution in [-0.2, 0) is 17.5 Å². The van der Waals surface area contributed by atoms with Gasteiger partial charge < -0.3 is 4.74 Å². The van der Waals surface area contributed by atoms with Crippen molar-refractivity contribution in [2.45, 2.75) is 38.8 Å². The predicted octanol–water partition coefficient (Wildman–Crippen LogP) is 3.42. The minimum Gasteiger partial charge on any atom is -0.373 e. The fraction of sp³-hybridized carbons (Fsp3) is 0.471. The van der Waals surface area contributed by atoms with Crippen molar-refractivity contribution in [1.29, 1.82) is 0 Å². The van der Waals surface area contributed by atoms with Gasteiger partial charge in [0.1, 0.15) is 0 Å². The molecule has 6 nitrogen and oxygen atoms in total. The number of halogens is 3. The zero-order valence-electron chi connectivity index (χ0n) is 14.8. The Hall–Kier alpha value is -2.04. The summed E-state index contributed by atoms with van der Waals surface area (Å²) in [5.41, 5.74) is 1.38. The summed E-state index contributed by atoms with van der Waals surface area (Å²) in [6.07, 6.45) is -4.23. The molecule has 1 N–H and O–H groups in total. The largest absolute Gasteiger partial charge is 0.445 e. The highest BCUT2D eigenvalue weighted by Gasteiger charge is 2.35. The standard InChI is InChI=1S/C17H19F3N4O2S/c1-10-7-24(8-11(2)26-10)9-12-3-5-13(6-4-12)14(25)21-16-23-22-15(27-16)17(18,19)20/h3-6,10-11H,7-9H2,1-2H3,(H,21,23,25). The van der Waals surface area contributed by atoms with Crippen LogP contribution < -0.4 is 5.32 Å². The normalized spacial score (nSPS) is 21.2. The fourth-order valence-corrected chi connectivity index (χ4v) is 3.60. The average molecular weight is 400 g/mol. The highest BCUT2D eigenvalue weighted by atomic mass is 32.1. The molecule has 2 aromatic rings. The lowest BCUT2D eigenvalue weighted by Gasteiger charge is -2.35. The molecular weight excluding hydrogens is 381 g/mol. The third-order valence-electron chi connectivity index (χ3n) is 4.01. The number of carbonyl (C=O) groups excluding carboxylic acids is 1. The van der Waals surface area contributed by atoms with E-state index in [0.29, 0.717) is 16.9 Å². The Bertz CT molecular complexity index is 784. The van der Waals surface area contributed by atoms with Gasteiger partial charge in [-0.1, -0.05) is 23.5 Å². The maximum Gasteiger partial charge on any atom is 0.445 e. The van der Waals surface area contributed by atoms with Gasteiger partial charge in [0.25, 0.3) is 5.91 Å². The summed E-state index contributed by atoms with van der Waals surface area (Å²) < 4.78 is 43.3. The molecule has 1 aromatic heterocycles. The zero-order chi connectivity index (χ0) is 19.6. The molecule has 10 heteroatoms. The molecule has 3 rings (SSSR count). The van der Waals surface area contributed by atoms with E-state index in [0.717, 1.165) is 25.2 Å². The van der Waals surface area contributed by atoms with E-state index in [1.165, 1.54) is 0 Å². The number of morpholine rings is 1. The Morgan fingerprint density at radius 2 is 1.85 bits per heavy atom. The van der Waals surface area contributed by atoms with Crippen molar-refractivity contribution < 1.29 is 22.7 Å². The summed E-state index contributed by atoms with van der Waals surface area (Å²) in [4.78, 5) is 14.5. The fourth-order valence-electron chi connectivity index (χ4n) is 2.99. The molecule has 0 radical (unpaired) electrons. The van der Waals surface area contributed by atoms with E-state index in [4.69, 9.17) is 4.74 Å². The van der Waals surface area contributed by atoms with Crippen LogP contribution >= 0.6 is 11.3 Å². The quantitative estimate of drug-likeness (QED) is 0.852. The molecule has 0 saturated carbocycles. The van der Waals surface area contributed by atoms with Crippen LogP contribution in [0.4, 0.5) is 18.3 Å². The molecule has 2 atom stereocenters. The summed E-state index contributed by atoms with van der Waals surface area (Å²) >= 11 is 0.292. The van der Waals surface area contributed by atoms with E-state index >= 15 is 0 Å². The van der Waals surface area contributed by atoms with Gasteiger partial charge in [-0.2, -0.15) is 13.2 Å².